The molecule has 3 rings (SSSR count). The molecule has 0 aromatic heterocycles. The molecule has 4 heteroatoms. The summed E-state index contributed by atoms with van der Waals surface area (Å²) in [6.07, 6.45) is -0.121. The fourth-order valence-corrected chi connectivity index (χ4v) is 4.63. The van der Waals surface area contributed by atoms with E-state index in [1.807, 2.05) is 6.07 Å². The van der Waals surface area contributed by atoms with Crippen molar-refractivity contribution in [2.75, 3.05) is 6.61 Å². The van der Waals surface area contributed by atoms with Crippen LogP contribution < -0.4 is 0 Å². The van der Waals surface area contributed by atoms with Crippen LogP contribution in [-0.4, -0.2) is 39.4 Å². The predicted octanol–water partition coefficient (Wildman–Crippen LogP) is 3.18. The van der Waals surface area contributed by atoms with Gasteiger partial charge in [0.15, 0.2) is 0 Å². The third-order valence-corrected chi connectivity index (χ3v) is 6.27. The van der Waals surface area contributed by atoms with Gasteiger partial charge in [-0.05, 0) is 35.1 Å². The molecular formula is C20H24O3S. The number of thioether (sulfide) groups is 1. The molecule has 2 aromatic rings. The number of aliphatic hydroxyl groups is 3. The highest BCUT2D eigenvalue weighted by Gasteiger charge is 2.36. The van der Waals surface area contributed by atoms with E-state index in [1.165, 1.54) is 11.1 Å². The number of aliphatic hydroxyl groups excluding tert-OH is 3. The molecule has 0 unspecified atom stereocenters. The number of hydrogen-bond acceptors (Lipinski definition) is 4. The first-order chi connectivity index (χ1) is 11.6. The Morgan fingerprint density at radius 3 is 2.46 bits per heavy atom. The van der Waals surface area contributed by atoms with Crippen molar-refractivity contribution in [1.82, 2.24) is 0 Å². The first-order valence-electron chi connectivity index (χ1n) is 8.44. The average molecular weight is 344 g/mol. The van der Waals surface area contributed by atoms with Crippen LogP contribution >= 0.6 is 11.8 Å². The topological polar surface area (TPSA) is 60.7 Å². The normalized spacial score (nSPS) is 27.2. The molecule has 1 fully saturated rings. The molecule has 0 saturated carbocycles. The van der Waals surface area contributed by atoms with E-state index in [0.29, 0.717) is 6.42 Å². The lowest BCUT2D eigenvalue weighted by molar-refractivity contribution is -0.000192. The van der Waals surface area contributed by atoms with E-state index in [1.54, 1.807) is 11.8 Å². The van der Waals surface area contributed by atoms with Crippen LogP contribution in [-0.2, 0) is 6.42 Å². The van der Waals surface area contributed by atoms with Gasteiger partial charge in [-0.3, -0.25) is 0 Å². The third kappa shape index (κ3) is 3.67. The average Bonchev–Trinajstić information content (AvgIpc) is 2.64. The summed E-state index contributed by atoms with van der Waals surface area (Å²) in [6.45, 7) is 2.02. The molecule has 0 spiro atoms. The van der Waals surface area contributed by atoms with E-state index < -0.39 is 12.2 Å². The maximum absolute atomic E-state index is 10.1. The van der Waals surface area contributed by atoms with Crippen molar-refractivity contribution in [3.63, 3.8) is 0 Å². The van der Waals surface area contributed by atoms with Gasteiger partial charge in [0.2, 0.25) is 0 Å². The van der Waals surface area contributed by atoms with Gasteiger partial charge in [0.25, 0.3) is 0 Å². The zero-order valence-electron chi connectivity index (χ0n) is 13.8. The van der Waals surface area contributed by atoms with Gasteiger partial charge in [-0.1, -0.05) is 55.5 Å². The summed E-state index contributed by atoms with van der Waals surface area (Å²) in [5, 5.41) is 29.2. The number of benzene rings is 2. The second kappa shape index (κ2) is 7.70. The lowest BCUT2D eigenvalue weighted by Crippen LogP contribution is -2.42. The van der Waals surface area contributed by atoms with Crippen LogP contribution in [0.4, 0.5) is 0 Å². The highest BCUT2D eigenvalue weighted by atomic mass is 32.2. The Labute approximate surface area is 147 Å². The van der Waals surface area contributed by atoms with E-state index in [4.69, 9.17) is 0 Å². The summed E-state index contributed by atoms with van der Waals surface area (Å²) < 4.78 is 0. The molecule has 2 aromatic carbocycles. The van der Waals surface area contributed by atoms with Crippen LogP contribution in [0.3, 0.4) is 0 Å². The van der Waals surface area contributed by atoms with Crippen LogP contribution in [0, 0.1) is 0 Å². The van der Waals surface area contributed by atoms with Gasteiger partial charge >= 0.3 is 0 Å². The zero-order chi connectivity index (χ0) is 17.1. The van der Waals surface area contributed by atoms with Crippen molar-refractivity contribution in [3.05, 3.63) is 59.7 Å². The Hall–Kier alpha value is -1.33. The molecule has 1 heterocycles. The minimum atomic E-state index is -0.860. The second-order valence-corrected chi connectivity index (χ2v) is 7.76. The van der Waals surface area contributed by atoms with Crippen molar-refractivity contribution < 1.29 is 15.3 Å². The van der Waals surface area contributed by atoms with Crippen molar-refractivity contribution in [1.29, 1.82) is 0 Å². The van der Waals surface area contributed by atoms with Crippen molar-refractivity contribution in [3.8, 4) is 11.1 Å². The summed E-state index contributed by atoms with van der Waals surface area (Å²) in [5.74, 6) is 0. The van der Waals surface area contributed by atoms with Gasteiger partial charge in [-0.2, -0.15) is 0 Å². The Bertz CT molecular complexity index is 671. The highest BCUT2D eigenvalue weighted by molar-refractivity contribution is 8.00. The maximum Gasteiger partial charge on any atom is 0.0940 e. The van der Waals surface area contributed by atoms with Crippen LogP contribution in [0.1, 0.15) is 29.7 Å². The maximum atomic E-state index is 10.1. The second-order valence-electron chi connectivity index (χ2n) is 6.32. The summed E-state index contributed by atoms with van der Waals surface area (Å²) in [6, 6.07) is 16.9. The van der Waals surface area contributed by atoms with Crippen LogP contribution in [0.2, 0.25) is 0 Å². The highest BCUT2D eigenvalue weighted by Crippen LogP contribution is 2.43. The molecular weight excluding hydrogens is 320 g/mol. The predicted molar refractivity (Wildman–Crippen MR) is 99.1 cm³/mol. The van der Waals surface area contributed by atoms with E-state index in [9.17, 15) is 15.3 Å². The Balaban J connectivity index is 1.84. The van der Waals surface area contributed by atoms with E-state index in [0.717, 1.165) is 17.5 Å². The smallest absolute Gasteiger partial charge is 0.0940 e. The first-order valence-corrected chi connectivity index (χ1v) is 9.38. The van der Waals surface area contributed by atoms with Gasteiger partial charge in [0.05, 0.1) is 24.1 Å². The number of aryl methyl sites for hydroxylation is 1. The van der Waals surface area contributed by atoms with Crippen LogP contribution in [0.5, 0.6) is 0 Å². The summed E-state index contributed by atoms with van der Waals surface area (Å²) in [5.41, 5.74) is 4.77. The zero-order valence-corrected chi connectivity index (χ0v) is 14.6. The largest absolute Gasteiger partial charge is 0.395 e. The SMILES string of the molecule is CCc1ccc(-c2cccc([C@H]3C[C@@H](O)[C@H](O)[C@@H](CO)S3)c2)cc1. The fourth-order valence-electron chi connectivity index (χ4n) is 3.17. The minimum Gasteiger partial charge on any atom is -0.395 e. The van der Waals surface area contributed by atoms with E-state index in [2.05, 4.69) is 49.4 Å². The number of rotatable bonds is 4. The molecule has 0 amide bonds. The Kier molecular flexibility index (Phi) is 5.61. The molecule has 1 saturated heterocycles. The van der Waals surface area contributed by atoms with Crippen LogP contribution in [0.15, 0.2) is 48.5 Å². The summed E-state index contributed by atoms with van der Waals surface area (Å²) in [4.78, 5) is 0. The third-order valence-electron chi connectivity index (χ3n) is 4.70. The molecule has 128 valence electrons. The molecule has 1 aliphatic rings. The van der Waals surface area contributed by atoms with Crippen molar-refractivity contribution >= 4 is 11.8 Å². The molecule has 1 aliphatic heterocycles. The molecule has 0 aliphatic carbocycles. The fraction of sp³-hybridized carbons (Fsp3) is 0.400. The van der Waals surface area contributed by atoms with Gasteiger partial charge in [0.1, 0.15) is 0 Å². The minimum absolute atomic E-state index is 0.0791. The Morgan fingerprint density at radius 1 is 1.04 bits per heavy atom. The van der Waals surface area contributed by atoms with E-state index in [-0.39, 0.29) is 17.1 Å². The van der Waals surface area contributed by atoms with Crippen LogP contribution in [0.25, 0.3) is 11.1 Å². The summed E-state index contributed by atoms with van der Waals surface area (Å²) in [7, 11) is 0. The van der Waals surface area contributed by atoms with Gasteiger partial charge in [0, 0.05) is 5.25 Å². The van der Waals surface area contributed by atoms with Gasteiger partial charge in [-0.15, -0.1) is 11.8 Å². The molecule has 24 heavy (non-hydrogen) atoms. The first kappa shape index (κ1) is 17.5. The number of hydrogen-bond donors (Lipinski definition) is 3. The molecule has 3 N–H and O–H groups in total. The molecule has 3 nitrogen and oxygen atoms in total. The molecule has 0 bridgehead atoms. The quantitative estimate of drug-likeness (QED) is 0.797. The monoisotopic (exact) mass is 344 g/mol. The lowest BCUT2D eigenvalue weighted by Gasteiger charge is -2.35. The Morgan fingerprint density at radius 2 is 1.79 bits per heavy atom. The standard InChI is InChI=1S/C20H24O3S/c1-2-13-6-8-14(9-7-13)15-4-3-5-16(10-15)18-11-17(22)20(23)19(12-21)24-18/h3-10,17-23H,2,11-12H2,1H3/t17-,18-,19-,20+/m1/s1. The molecule has 4 atom stereocenters. The van der Waals surface area contributed by atoms with Gasteiger partial charge in [-0.25, -0.2) is 0 Å². The van der Waals surface area contributed by atoms with Crippen molar-refractivity contribution in [2.24, 2.45) is 0 Å². The van der Waals surface area contributed by atoms with E-state index >= 15 is 0 Å². The molecule has 0 radical (unpaired) electrons. The summed E-state index contributed by atoms with van der Waals surface area (Å²) >= 11 is 1.55. The van der Waals surface area contributed by atoms with Gasteiger partial charge < -0.3 is 15.3 Å². The lowest BCUT2D eigenvalue weighted by atomic mass is 9.96. The van der Waals surface area contributed by atoms with Crippen molar-refractivity contribution in [2.45, 2.75) is 42.5 Å².